The van der Waals surface area contributed by atoms with Crippen molar-refractivity contribution in [2.75, 3.05) is 24.3 Å². The van der Waals surface area contributed by atoms with E-state index in [1.54, 1.807) is 43.6 Å². The molecule has 2 N–H and O–H groups in total. The highest BCUT2D eigenvalue weighted by Gasteiger charge is 2.30. The van der Waals surface area contributed by atoms with Gasteiger partial charge in [0.15, 0.2) is 0 Å². The van der Waals surface area contributed by atoms with Crippen LogP contribution in [0.25, 0.3) is 11.1 Å². The number of amides is 1. The first kappa shape index (κ1) is 25.9. The van der Waals surface area contributed by atoms with Crippen molar-refractivity contribution in [1.82, 2.24) is 4.98 Å². The number of carbonyl (C=O) groups is 1. The van der Waals surface area contributed by atoms with Gasteiger partial charge in [0.2, 0.25) is 0 Å². The van der Waals surface area contributed by atoms with Crippen molar-refractivity contribution in [1.29, 1.82) is 0 Å². The summed E-state index contributed by atoms with van der Waals surface area (Å²) in [5.41, 5.74) is 3.93. The van der Waals surface area contributed by atoms with E-state index in [0.29, 0.717) is 35.5 Å². The molecule has 0 atom stereocenters. The highest BCUT2D eigenvalue weighted by Crippen LogP contribution is 2.32. The first-order chi connectivity index (χ1) is 17.8. The van der Waals surface area contributed by atoms with Crippen LogP contribution >= 0.6 is 0 Å². The van der Waals surface area contributed by atoms with Crippen LogP contribution in [-0.2, 0) is 23.9 Å². The van der Waals surface area contributed by atoms with Gasteiger partial charge in [0.25, 0.3) is 5.91 Å². The molecule has 0 radical (unpaired) electrons. The lowest BCUT2D eigenvalue weighted by molar-refractivity contribution is -0.137. The molecule has 0 bridgehead atoms. The number of benzene rings is 3. The zero-order valence-corrected chi connectivity index (χ0v) is 20.2. The van der Waals surface area contributed by atoms with Crippen molar-refractivity contribution in [3.8, 4) is 11.1 Å². The number of nitrogens with zero attached hydrogens (tertiary/aromatic N) is 1. The Labute approximate surface area is 213 Å². The van der Waals surface area contributed by atoms with E-state index < -0.39 is 11.7 Å². The van der Waals surface area contributed by atoms with Crippen LogP contribution in [0.1, 0.15) is 27.2 Å². The molecule has 0 unspecified atom stereocenters. The van der Waals surface area contributed by atoms with Gasteiger partial charge in [-0.3, -0.25) is 9.78 Å². The minimum atomic E-state index is -4.43. The van der Waals surface area contributed by atoms with Crippen molar-refractivity contribution >= 4 is 17.3 Å². The first-order valence-electron chi connectivity index (χ1n) is 11.7. The second-order valence-electron chi connectivity index (χ2n) is 8.42. The van der Waals surface area contributed by atoms with E-state index in [1.807, 2.05) is 30.3 Å². The summed E-state index contributed by atoms with van der Waals surface area (Å²) in [7, 11) is 1.55. The lowest BCUT2D eigenvalue weighted by Gasteiger charge is -2.14. The third-order valence-electron chi connectivity index (χ3n) is 5.74. The number of pyridine rings is 1. The van der Waals surface area contributed by atoms with Crippen molar-refractivity contribution in [2.24, 2.45) is 0 Å². The van der Waals surface area contributed by atoms with Crippen LogP contribution in [0, 0.1) is 0 Å². The zero-order chi connectivity index (χ0) is 26.3. The molecule has 3 aromatic carbocycles. The van der Waals surface area contributed by atoms with E-state index in [2.05, 4.69) is 15.6 Å². The van der Waals surface area contributed by atoms with Crippen LogP contribution in [0.2, 0.25) is 0 Å². The first-order valence-corrected chi connectivity index (χ1v) is 11.7. The fourth-order valence-corrected chi connectivity index (χ4v) is 3.87. The number of carbonyl (C=O) groups excluding carboxylic acids is 1. The second kappa shape index (κ2) is 11.7. The lowest BCUT2D eigenvalue weighted by atomic mass is 9.96. The fraction of sp³-hybridized carbons (Fsp3) is 0.172. The Bertz CT molecular complexity index is 1320. The maximum absolute atomic E-state index is 13.2. The van der Waals surface area contributed by atoms with E-state index >= 15 is 0 Å². The van der Waals surface area contributed by atoms with Crippen LogP contribution < -0.4 is 10.6 Å². The van der Waals surface area contributed by atoms with Crippen LogP contribution in [0.5, 0.6) is 0 Å². The predicted octanol–water partition coefficient (Wildman–Crippen LogP) is 6.82. The minimum absolute atomic E-state index is 0.310. The third kappa shape index (κ3) is 6.95. The molecule has 0 aliphatic heterocycles. The molecule has 0 saturated carbocycles. The Balaban J connectivity index is 1.48. The molecule has 0 aliphatic carbocycles. The molecular weight excluding hydrogens is 479 g/mol. The molecule has 37 heavy (non-hydrogen) atoms. The number of methoxy groups -OCH3 is 1. The Morgan fingerprint density at radius 1 is 0.919 bits per heavy atom. The Kier molecular flexibility index (Phi) is 8.20. The lowest BCUT2D eigenvalue weighted by Crippen LogP contribution is -2.14. The minimum Gasteiger partial charge on any atom is -0.385 e. The molecule has 0 aliphatic rings. The molecule has 190 valence electrons. The standard InChI is InChI=1S/C29H26F3N3O2/c1-37-19-20-5-14-26(27(18-20)21-6-8-22(9-7-21)29(30,31)32)28(36)35-25-12-10-24(11-13-25)34-17-15-23-4-2-3-16-33-23/h2-14,16,18,34H,15,17,19H2,1H3,(H,35,36). The normalized spacial score (nSPS) is 11.2. The maximum Gasteiger partial charge on any atom is 0.416 e. The Morgan fingerprint density at radius 2 is 1.65 bits per heavy atom. The van der Waals surface area contributed by atoms with E-state index in [-0.39, 0.29) is 5.91 Å². The molecule has 1 amide bonds. The summed E-state index contributed by atoms with van der Waals surface area (Å²) < 4.78 is 44.3. The molecule has 8 heteroatoms. The van der Waals surface area contributed by atoms with Gasteiger partial charge in [-0.2, -0.15) is 13.2 Å². The molecule has 5 nitrogen and oxygen atoms in total. The van der Waals surface area contributed by atoms with Gasteiger partial charge in [0, 0.05) is 48.9 Å². The van der Waals surface area contributed by atoms with E-state index in [0.717, 1.165) is 35.5 Å². The number of nitrogens with one attached hydrogen (secondary N) is 2. The fourth-order valence-electron chi connectivity index (χ4n) is 3.87. The number of hydrogen-bond donors (Lipinski definition) is 2. The van der Waals surface area contributed by atoms with Gasteiger partial charge in [-0.25, -0.2) is 0 Å². The quantitative estimate of drug-likeness (QED) is 0.262. The summed E-state index contributed by atoms with van der Waals surface area (Å²) in [5, 5.41) is 6.20. The van der Waals surface area contributed by atoms with Gasteiger partial charge in [0.1, 0.15) is 0 Å². The molecule has 0 spiro atoms. The van der Waals surface area contributed by atoms with Crippen molar-refractivity contribution in [2.45, 2.75) is 19.2 Å². The van der Waals surface area contributed by atoms with Gasteiger partial charge >= 0.3 is 6.18 Å². The van der Waals surface area contributed by atoms with E-state index in [9.17, 15) is 18.0 Å². The molecule has 0 saturated heterocycles. The predicted molar refractivity (Wildman–Crippen MR) is 138 cm³/mol. The van der Waals surface area contributed by atoms with Crippen LogP contribution in [0.15, 0.2) is 91.1 Å². The second-order valence-corrected chi connectivity index (χ2v) is 8.42. The van der Waals surface area contributed by atoms with Crippen LogP contribution in [0.3, 0.4) is 0 Å². The van der Waals surface area contributed by atoms with Crippen molar-refractivity contribution in [3.05, 3.63) is 114 Å². The average Bonchev–Trinajstić information content (AvgIpc) is 2.90. The monoisotopic (exact) mass is 505 g/mol. The number of halogens is 3. The number of hydrogen-bond acceptors (Lipinski definition) is 4. The van der Waals surface area contributed by atoms with Gasteiger partial charge in [0.05, 0.1) is 12.2 Å². The molecular formula is C29H26F3N3O2. The summed E-state index contributed by atoms with van der Waals surface area (Å²) in [5.74, 6) is -0.366. The van der Waals surface area contributed by atoms with Crippen LogP contribution in [0.4, 0.5) is 24.5 Å². The molecule has 0 fully saturated rings. The smallest absolute Gasteiger partial charge is 0.385 e. The number of alkyl halides is 3. The molecule has 1 aromatic heterocycles. The van der Waals surface area contributed by atoms with Crippen molar-refractivity contribution in [3.63, 3.8) is 0 Å². The topological polar surface area (TPSA) is 63.2 Å². The molecule has 4 rings (SSSR count). The number of anilines is 2. The molecule has 4 aromatic rings. The van der Waals surface area contributed by atoms with Gasteiger partial charge < -0.3 is 15.4 Å². The Morgan fingerprint density at radius 3 is 2.30 bits per heavy atom. The van der Waals surface area contributed by atoms with Gasteiger partial charge in [-0.1, -0.05) is 24.3 Å². The molecule has 1 heterocycles. The van der Waals surface area contributed by atoms with E-state index in [1.165, 1.54) is 12.1 Å². The summed E-state index contributed by atoms with van der Waals surface area (Å²) in [6.07, 6.45) is -1.89. The summed E-state index contributed by atoms with van der Waals surface area (Å²) in [4.78, 5) is 17.5. The third-order valence-corrected chi connectivity index (χ3v) is 5.74. The summed E-state index contributed by atoms with van der Waals surface area (Å²) in [6.45, 7) is 1.03. The highest BCUT2D eigenvalue weighted by molar-refractivity contribution is 6.08. The summed E-state index contributed by atoms with van der Waals surface area (Å²) in [6, 6.07) is 23.1. The number of aromatic nitrogens is 1. The average molecular weight is 506 g/mol. The largest absolute Gasteiger partial charge is 0.416 e. The van der Waals surface area contributed by atoms with Crippen LogP contribution in [-0.4, -0.2) is 24.5 Å². The number of rotatable bonds is 9. The Hall–Kier alpha value is -4.17. The zero-order valence-electron chi connectivity index (χ0n) is 20.2. The van der Waals surface area contributed by atoms with Crippen molar-refractivity contribution < 1.29 is 22.7 Å². The van der Waals surface area contributed by atoms with Gasteiger partial charge in [-0.15, -0.1) is 0 Å². The van der Waals surface area contributed by atoms with Gasteiger partial charge in [-0.05, 0) is 77.4 Å². The number of ether oxygens (including phenoxy) is 1. The maximum atomic E-state index is 13.2. The highest BCUT2D eigenvalue weighted by atomic mass is 19.4. The van der Waals surface area contributed by atoms with E-state index in [4.69, 9.17) is 4.74 Å². The summed E-state index contributed by atoms with van der Waals surface area (Å²) >= 11 is 0. The SMILES string of the molecule is COCc1ccc(C(=O)Nc2ccc(NCCc3ccccn3)cc2)c(-c2ccc(C(F)(F)F)cc2)c1.